The maximum Gasteiger partial charge on any atom is 0.178 e. The van der Waals surface area contributed by atoms with Gasteiger partial charge in [-0.25, -0.2) is 19.9 Å². The van der Waals surface area contributed by atoms with Crippen LogP contribution in [-0.2, 0) is 6.54 Å². The van der Waals surface area contributed by atoms with Crippen molar-refractivity contribution in [2.24, 2.45) is 0 Å². The number of nitrogens with zero attached hydrogens (tertiary/aromatic N) is 6. The first kappa shape index (κ1) is 25.1. The van der Waals surface area contributed by atoms with Crippen LogP contribution in [0.3, 0.4) is 0 Å². The number of benzene rings is 3. The fraction of sp³-hybridized carbons (Fsp3) is 0.212. The van der Waals surface area contributed by atoms with Crippen molar-refractivity contribution in [1.82, 2.24) is 29.4 Å². The molecule has 0 amide bonds. The van der Waals surface area contributed by atoms with Crippen molar-refractivity contribution >= 4 is 38.1 Å². The molecule has 0 spiro atoms. The molecule has 0 aliphatic carbocycles. The first-order valence-corrected chi connectivity index (χ1v) is 14.6. The number of likely N-dealkylation sites (tertiary alicyclic amines) is 1. The molecule has 0 N–H and O–H groups in total. The molecule has 0 atom stereocenters. The normalized spacial score (nSPS) is 14.8. The average Bonchev–Trinajstić information content (AvgIpc) is 3.33. The molecule has 6 aromatic rings. The number of hydrogen-bond acceptors (Lipinski definition) is 5. The topological polar surface area (TPSA) is 59.7 Å². The van der Waals surface area contributed by atoms with Crippen molar-refractivity contribution in [3.05, 3.63) is 107 Å². The highest BCUT2D eigenvalue weighted by atomic mass is 79.9. The molecule has 40 heavy (non-hydrogen) atoms. The predicted molar refractivity (Wildman–Crippen MR) is 164 cm³/mol. The lowest BCUT2D eigenvalue weighted by atomic mass is 10.0. The molecule has 6 nitrogen and oxygen atoms in total. The zero-order valence-electron chi connectivity index (χ0n) is 22.3. The monoisotopic (exact) mass is 588 g/mol. The Labute approximate surface area is 241 Å². The van der Waals surface area contributed by atoms with E-state index in [9.17, 15) is 0 Å². The van der Waals surface area contributed by atoms with E-state index in [-0.39, 0.29) is 0 Å². The summed E-state index contributed by atoms with van der Waals surface area (Å²) in [6.45, 7) is 5.23. The predicted octanol–water partition coefficient (Wildman–Crippen LogP) is 7.62. The summed E-state index contributed by atoms with van der Waals surface area (Å²) in [4.78, 5) is 21.8. The van der Waals surface area contributed by atoms with E-state index in [1.807, 2.05) is 24.3 Å². The minimum Gasteiger partial charge on any atom is -0.325 e. The molecule has 198 valence electrons. The van der Waals surface area contributed by atoms with Crippen LogP contribution in [0.4, 0.5) is 0 Å². The SMILES string of the molecule is Cc1nc2ccccc2n1C1CCN(Cc2ccc(-c3nc4ncc(Br)cc4nc3-c3ccccc3)cc2)CC1. The van der Waals surface area contributed by atoms with E-state index in [0.29, 0.717) is 11.7 Å². The number of para-hydroxylation sites is 2. The molecule has 3 aromatic heterocycles. The van der Waals surface area contributed by atoms with E-state index in [4.69, 9.17) is 15.0 Å². The zero-order chi connectivity index (χ0) is 27.1. The number of rotatable bonds is 5. The van der Waals surface area contributed by atoms with Gasteiger partial charge in [-0.2, -0.15) is 0 Å². The number of halogens is 1. The molecule has 1 fully saturated rings. The molecule has 0 unspecified atom stereocenters. The van der Waals surface area contributed by atoms with Gasteiger partial charge in [-0.1, -0.05) is 66.7 Å². The van der Waals surface area contributed by atoms with Crippen LogP contribution < -0.4 is 0 Å². The van der Waals surface area contributed by atoms with Crippen molar-refractivity contribution in [3.63, 3.8) is 0 Å². The second-order valence-electron chi connectivity index (χ2n) is 10.5. The van der Waals surface area contributed by atoms with Gasteiger partial charge < -0.3 is 4.57 Å². The Kier molecular flexibility index (Phi) is 6.61. The second-order valence-corrected chi connectivity index (χ2v) is 11.4. The molecule has 1 aliphatic rings. The first-order chi connectivity index (χ1) is 19.6. The Hall–Kier alpha value is -3.94. The minimum atomic E-state index is 0.503. The highest BCUT2D eigenvalue weighted by Gasteiger charge is 2.23. The quantitative estimate of drug-likeness (QED) is 0.207. The van der Waals surface area contributed by atoms with Crippen LogP contribution in [0.25, 0.3) is 44.7 Å². The van der Waals surface area contributed by atoms with E-state index in [1.54, 1.807) is 6.20 Å². The molecule has 3 aromatic carbocycles. The summed E-state index contributed by atoms with van der Waals surface area (Å²) in [5.74, 6) is 1.12. The lowest BCUT2D eigenvalue weighted by Gasteiger charge is -2.33. The van der Waals surface area contributed by atoms with Crippen LogP contribution in [0.2, 0.25) is 0 Å². The van der Waals surface area contributed by atoms with Crippen molar-refractivity contribution < 1.29 is 0 Å². The number of aromatic nitrogens is 5. The van der Waals surface area contributed by atoms with Crippen LogP contribution >= 0.6 is 15.9 Å². The van der Waals surface area contributed by atoms with Gasteiger partial charge in [0.2, 0.25) is 0 Å². The van der Waals surface area contributed by atoms with Crippen molar-refractivity contribution in [3.8, 4) is 22.5 Å². The molecule has 7 rings (SSSR count). The molecule has 1 saturated heterocycles. The highest BCUT2D eigenvalue weighted by Crippen LogP contribution is 2.32. The van der Waals surface area contributed by atoms with Crippen LogP contribution in [-0.4, -0.2) is 42.5 Å². The van der Waals surface area contributed by atoms with Crippen molar-refractivity contribution in [2.75, 3.05) is 13.1 Å². The smallest absolute Gasteiger partial charge is 0.178 e. The third-order valence-electron chi connectivity index (χ3n) is 7.86. The molecule has 0 bridgehead atoms. The van der Waals surface area contributed by atoms with Crippen LogP contribution in [0.15, 0.2) is 95.6 Å². The third-order valence-corrected chi connectivity index (χ3v) is 8.30. The third kappa shape index (κ3) is 4.80. The number of fused-ring (bicyclic) bond motifs is 2. The number of pyridine rings is 1. The van der Waals surface area contributed by atoms with Gasteiger partial charge in [-0.15, -0.1) is 0 Å². The molecule has 1 aliphatic heterocycles. The second kappa shape index (κ2) is 10.6. The minimum absolute atomic E-state index is 0.503. The van der Waals surface area contributed by atoms with Gasteiger partial charge in [-0.05, 0) is 59.5 Å². The molecule has 4 heterocycles. The van der Waals surface area contributed by atoms with Gasteiger partial charge in [0.05, 0.1) is 22.4 Å². The number of aryl methyl sites for hydroxylation is 1. The average molecular weight is 590 g/mol. The van der Waals surface area contributed by atoms with Gasteiger partial charge in [-0.3, -0.25) is 4.90 Å². The molecule has 7 heteroatoms. The first-order valence-electron chi connectivity index (χ1n) is 13.8. The number of hydrogen-bond donors (Lipinski definition) is 0. The summed E-state index contributed by atoms with van der Waals surface area (Å²) in [5, 5.41) is 0. The lowest BCUT2D eigenvalue weighted by Crippen LogP contribution is -2.34. The summed E-state index contributed by atoms with van der Waals surface area (Å²) >= 11 is 3.51. The Morgan fingerprint density at radius 3 is 2.27 bits per heavy atom. The fourth-order valence-corrected chi connectivity index (χ4v) is 6.23. The van der Waals surface area contributed by atoms with E-state index >= 15 is 0 Å². The summed E-state index contributed by atoms with van der Waals surface area (Å²) in [6.07, 6.45) is 4.04. The highest BCUT2D eigenvalue weighted by molar-refractivity contribution is 9.10. The maximum atomic E-state index is 4.98. The standard InChI is InChI=1S/C33H29BrN6/c1-22-36-28-9-5-6-10-30(28)40(22)27-15-17-39(18-16-27)21-23-11-13-25(14-12-23)32-31(24-7-3-2-4-8-24)37-29-19-26(34)20-35-33(29)38-32/h2-14,19-20,27H,15-18,21H2,1H3. The molecular weight excluding hydrogens is 560 g/mol. The van der Waals surface area contributed by atoms with Gasteiger partial charge in [0.15, 0.2) is 5.65 Å². The van der Waals surface area contributed by atoms with E-state index in [1.165, 1.54) is 11.1 Å². The Balaban J connectivity index is 1.10. The van der Waals surface area contributed by atoms with Gasteiger partial charge in [0.1, 0.15) is 11.3 Å². The van der Waals surface area contributed by atoms with Gasteiger partial charge in [0, 0.05) is 47.5 Å². The Morgan fingerprint density at radius 2 is 1.48 bits per heavy atom. The van der Waals surface area contributed by atoms with E-state index < -0.39 is 0 Å². The van der Waals surface area contributed by atoms with E-state index in [2.05, 4.69) is 98.0 Å². The molecular formula is C33H29BrN6. The van der Waals surface area contributed by atoms with Crippen LogP contribution in [0.5, 0.6) is 0 Å². The fourth-order valence-electron chi connectivity index (χ4n) is 5.91. The summed E-state index contributed by atoms with van der Waals surface area (Å²) in [6, 6.07) is 30.0. The molecule has 0 saturated carbocycles. The Bertz CT molecular complexity index is 1810. The van der Waals surface area contributed by atoms with Crippen molar-refractivity contribution in [1.29, 1.82) is 0 Å². The maximum absolute atomic E-state index is 4.98. The number of piperidine rings is 1. The molecule has 0 radical (unpaired) electrons. The Morgan fingerprint density at radius 1 is 0.775 bits per heavy atom. The van der Waals surface area contributed by atoms with Crippen molar-refractivity contribution in [2.45, 2.75) is 32.4 Å². The summed E-state index contributed by atoms with van der Waals surface area (Å²) < 4.78 is 3.34. The summed E-state index contributed by atoms with van der Waals surface area (Å²) in [5.41, 5.74) is 8.88. The number of imidazole rings is 1. The van der Waals surface area contributed by atoms with Gasteiger partial charge >= 0.3 is 0 Å². The largest absolute Gasteiger partial charge is 0.325 e. The zero-order valence-corrected chi connectivity index (χ0v) is 23.9. The van der Waals surface area contributed by atoms with E-state index in [0.717, 1.165) is 76.3 Å². The van der Waals surface area contributed by atoms with Crippen LogP contribution in [0.1, 0.15) is 30.3 Å². The van der Waals surface area contributed by atoms with Crippen LogP contribution in [0, 0.1) is 6.92 Å². The lowest BCUT2D eigenvalue weighted by molar-refractivity contribution is 0.180. The summed E-state index contributed by atoms with van der Waals surface area (Å²) in [7, 11) is 0. The van der Waals surface area contributed by atoms with Gasteiger partial charge in [0.25, 0.3) is 0 Å².